The predicted molar refractivity (Wildman–Crippen MR) is 82.5 cm³/mol. The van der Waals surface area contributed by atoms with Crippen molar-refractivity contribution < 1.29 is 8.42 Å². The summed E-state index contributed by atoms with van der Waals surface area (Å²) >= 11 is 1.29. The first-order valence-corrected chi connectivity index (χ1v) is 9.21. The number of nitrogens with one attached hydrogen (secondary N) is 2. The van der Waals surface area contributed by atoms with Crippen LogP contribution >= 0.6 is 11.3 Å². The molecular weight excluding hydrogens is 294 g/mol. The Labute approximate surface area is 125 Å². The zero-order valence-electron chi connectivity index (χ0n) is 12.2. The Bertz CT molecular complexity index is 542. The van der Waals surface area contributed by atoms with Crippen LogP contribution in [0, 0.1) is 5.92 Å². The van der Waals surface area contributed by atoms with E-state index >= 15 is 0 Å². The molecule has 1 aliphatic heterocycles. The van der Waals surface area contributed by atoms with E-state index in [2.05, 4.69) is 28.9 Å². The number of piperidine rings is 1. The Morgan fingerprint density at radius 1 is 1.50 bits per heavy atom. The number of sulfonamides is 1. The lowest BCUT2D eigenvalue weighted by Gasteiger charge is -2.34. The summed E-state index contributed by atoms with van der Waals surface area (Å²) < 4.78 is 28.1. The molecule has 0 spiro atoms. The van der Waals surface area contributed by atoms with E-state index < -0.39 is 10.0 Å². The molecule has 2 N–H and O–H groups in total. The first-order chi connectivity index (χ1) is 9.42. The van der Waals surface area contributed by atoms with Crippen LogP contribution in [0.15, 0.2) is 15.7 Å². The van der Waals surface area contributed by atoms with E-state index in [0.29, 0.717) is 16.7 Å². The van der Waals surface area contributed by atoms with E-state index in [1.165, 1.54) is 11.3 Å². The number of thiophene rings is 1. The quantitative estimate of drug-likeness (QED) is 0.853. The molecule has 20 heavy (non-hydrogen) atoms. The lowest BCUT2D eigenvalue weighted by atomic mass is 9.95. The van der Waals surface area contributed by atoms with Gasteiger partial charge in [-0.1, -0.05) is 6.92 Å². The molecule has 0 aliphatic carbocycles. The van der Waals surface area contributed by atoms with Gasteiger partial charge in [0.05, 0.1) is 0 Å². The maximum Gasteiger partial charge on any atom is 0.250 e. The van der Waals surface area contributed by atoms with Crippen molar-refractivity contribution in [2.45, 2.75) is 30.1 Å². The fourth-order valence-electron chi connectivity index (χ4n) is 2.58. The van der Waals surface area contributed by atoms with Crippen molar-refractivity contribution in [2.75, 3.05) is 27.2 Å². The van der Waals surface area contributed by atoms with Crippen LogP contribution < -0.4 is 10.0 Å². The van der Waals surface area contributed by atoms with Crippen molar-refractivity contribution in [1.29, 1.82) is 0 Å². The first-order valence-electron chi connectivity index (χ1n) is 6.85. The summed E-state index contributed by atoms with van der Waals surface area (Å²) in [4.78, 5) is 2.24. The maximum absolute atomic E-state index is 12.4. The zero-order valence-corrected chi connectivity index (χ0v) is 13.9. The van der Waals surface area contributed by atoms with Gasteiger partial charge in [-0.05, 0) is 50.0 Å². The molecule has 2 atom stereocenters. The highest BCUT2D eigenvalue weighted by Crippen LogP contribution is 2.23. The van der Waals surface area contributed by atoms with Crippen molar-refractivity contribution in [3.63, 3.8) is 0 Å². The van der Waals surface area contributed by atoms with Crippen LogP contribution in [0.4, 0.5) is 0 Å². The molecule has 5 nitrogen and oxygen atoms in total. The highest BCUT2D eigenvalue weighted by Gasteiger charge is 2.29. The van der Waals surface area contributed by atoms with Crippen LogP contribution in [-0.2, 0) is 16.6 Å². The summed E-state index contributed by atoms with van der Waals surface area (Å²) in [5.41, 5.74) is 1.01. The molecule has 2 unspecified atom stereocenters. The smallest absolute Gasteiger partial charge is 0.250 e. The second-order valence-corrected chi connectivity index (χ2v) is 8.41. The molecule has 1 aromatic rings. The minimum Gasteiger partial charge on any atom is -0.316 e. The molecule has 114 valence electrons. The Morgan fingerprint density at radius 3 is 2.90 bits per heavy atom. The van der Waals surface area contributed by atoms with E-state index in [1.54, 1.807) is 6.07 Å². The summed E-state index contributed by atoms with van der Waals surface area (Å²) in [6.07, 6.45) is 0.867. The van der Waals surface area contributed by atoms with Gasteiger partial charge in [-0.3, -0.25) is 0 Å². The molecule has 0 saturated carbocycles. The van der Waals surface area contributed by atoms with Gasteiger partial charge in [-0.2, -0.15) is 0 Å². The standard InChI is InChI=1S/C13H23N3O2S2/c1-10-8-16(3)5-4-12(10)15-20(17,18)13-6-11(7-14-2)9-19-13/h6,9-10,12,14-15H,4-5,7-8H2,1-3H3. The van der Waals surface area contributed by atoms with Crippen molar-refractivity contribution in [3.05, 3.63) is 17.0 Å². The molecule has 0 aromatic carbocycles. The Hall–Kier alpha value is -0.470. The van der Waals surface area contributed by atoms with Crippen molar-refractivity contribution in [3.8, 4) is 0 Å². The van der Waals surface area contributed by atoms with Gasteiger partial charge in [0, 0.05) is 19.1 Å². The molecule has 2 rings (SSSR count). The Balaban J connectivity index is 2.06. The van der Waals surface area contributed by atoms with E-state index in [0.717, 1.165) is 25.1 Å². The van der Waals surface area contributed by atoms with E-state index in [-0.39, 0.29) is 6.04 Å². The SMILES string of the molecule is CNCc1csc(S(=O)(=O)NC2CCN(C)CC2C)c1. The second kappa shape index (κ2) is 6.53. The van der Waals surface area contributed by atoms with Crippen LogP contribution in [0.2, 0.25) is 0 Å². The van der Waals surface area contributed by atoms with Crippen molar-refractivity contribution in [1.82, 2.24) is 14.9 Å². The molecule has 1 aliphatic rings. The zero-order chi connectivity index (χ0) is 14.8. The normalized spacial score (nSPS) is 24.9. The number of hydrogen-bond donors (Lipinski definition) is 2. The predicted octanol–water partition coefficient (Wildman–Crippen LogP) is 1.09. The third-order valence-corrected chi connectivity index (χ3v) is 6.67. The van der Waals surface area contributed by atoms with Gasteiger partial charge >= 0.3 is 0 Å². The largest absolute Gasteiger partial charge is 0.316 e. The number of nitrogens with zero attached hydrogens (tertiary/aromatic N) is 1. The average Bonchev–Trinajstić information content (AvgIpc) is 2.83. The van der Waals surface area contributed by atoms with Crippen molar-refractivity contribution in [2.24, 2.45) is 5.92 Å². The molecule has 1 saturated heterocycles. The minimum absolute atomic E-state index is 0.0334. The van der Waals surface area contributed by atoms with Gasteiger partial charge in [0.15, 0.2) is 0 Å². The van der Waals surface area contributed by atoms with E-state index in [1.807, 2.05) is 12.4 Å². The summed E-state index contributed by atoms with van der Waals surface area (Å²) in [5.74, 6) is 0.334. The minimum atomic E-state index is -3.39. The maximum atomic E-state index is 12.4. The number of rotatable bonds is 5. The van der Waals surface area contributed by atoms with Gasteiger partial charge in [0.2, 0.25) is 10.0 Å². The summed E-state index contributed by atoms with van der Waals surface area (Å²) in [5, 5.41) is 4.92. The molecule has 0 amide bonds. The third-order valence-electron chi connectivity index (χ3n) is 3.69. The molecule has 1 fully saturated rings. The average molecular weight is 317 g/mol. The topological polar surface area (TPSA) is 61.4 Å². The fourth-order valence-corrected chi connectivity index (χ4v) is 5.18. The highest BCUT2D eigenvalue weighted by atomic mass is 32.2. The van der Waals surface area contributed by atoms with Gasteiger partial charge in [0.1, 0.15) is 4.21 Å². The Kier molecular flexibility index (Phi) is 5.19. The van der Waals surface area contributed by atoms with Gasteiger partial charge < -0.3 is 10.2 Å². The summed E-state index contributed by atoms with van der Waals surface area (Å²) in [7, 11) is 0.540. The van der Waals surface area contributed by atoms with Gasteiger partial charge in [-0.25, -0.2) is 13.1 Å². The molecule has 0 bridgehead atoms. The molecular formula is C13H23N3O2S2. The molecule has 7 heteroatoms. The summed E-state index contributed by atoms with van der Waals surface area (Å²) in [6, 6.07) is 1.79. The molecule has 0 radical (unpaired) electrons. The Morgan fingerprint density at radius 2 is 2.25 bits per heavy atom. The fraction of sp³-hybridized carbons (Fsp3) is 0.692. The first kappa shape index (κ1) is 15.9. The monoisotopic (exact) mass is 317 g/mol. The van der Waals surface area contributed by atoms with Crippen LogP contribution in [0.3, 0.4) is 0 Å². The highest BCUT2D eigenvalue weighted by molar-refractivity contribution is 7.91. The molecule has 2 heterocycles. The third kappa shape index (κ3) is 3.79. The number of likely N-dealkylation sites (tertiary alicyclic amines) is 1. The van der Waals surface area contributed by atoms with Crippen LogP contribution in [0.25, 0.3) is 0 Å². The van der Waals surface area contributed by atoms with E-state index in [9.17, 15) is 8.42 Å². The lowest BCUT2D eigenvalue weighted by Crippen LogP contribution is -2.48. The van der Waals surface area contributed by atoms with Crippen LogP contribution in [0.5, 0.6) is 0 Å². The second-order valence-electron chi connectivity index (χ2n) is 5.56. The van der Waals surface area contributed by atoms with Crippen molar-refractivity contribution >= 4 is 21.4 Å². The summed E-state index contributed by atoms with van der Waals surface area (Å²) in [6.45, 7) is 4.66. The van der Waals surface area contributed by atoms with Crippen LogP contribution in [-0.4, -0.2) is 46.5 Å². The molecule has 1 aromatic heterocycles. The van der Waals surface area contributed by atoms with Gasteiger partial charge in [-0.15, -0.1) is 11.3 Å². The van der Waals surface area contributed by atoms with Gasteiger partial charge in [0.25, 0.3) is 0 Å². The lowest BCUT2D eigenvalue weighted by molar-refractivity contribution is 0.188. The van der Waals surface area contributed by atoms with E-state index in [4.69, 9.17) is 0 Å². The van der Waals surface area contributed by atoms with Crippen LogP contribution in [0.1, 0.15) is 18.9 Å². The number of hydrogen-bond acceptors (Lipinski definition) is 5.